The summed E-state index contributed by atoms with van der Waals surface area (Å²) in [7, 11) is 0. The van der Waals surface area contributed by atoms with Crippen molar-refractivity contribution in [2.75, 3.05) is 13.2 Å². The monoisotopic (exact) mass is 507 g/mol. The molecule has 2 heterocycles. The Labute approximate surface area is 220 Å². The van der Waals surface area contributed by atoms with E-state index in [9.17, 15) is 4.79 Å². The van der Waals surface area contributed by atoms with Gasteiger partial charge in [-0.15, -0.1) is 0 Å². The lowest BCUT2D eigenvalue weighted by atomic mass is 9.76. The first kappa shape index (κ1) is 26.8. The maximum Gasteiger partial charge on any atom is 0.407 e. The number of carbonyl (C=O) groups excluding carboxylic acids is 1. The van der Waals surface area contributed by atoms with Gasteiger partial charge in [-0.3, -0.25) is 9.78 Å². The van der Waals surface area contributed by atoms with Crippen molar-refractivity contribution in [1.29, 1.82) is 0 Å². The van der Waals surface area contributed by atoms with Gasteiger partial charge in [0.15, 0.2) is 0 Å². The molecule has 0 spiro atoms. The minimum atomic E-state index is -0.521. The predicted molar refractivity (Wildman–Crippen MR) is 146 cm³/mol. The van der Waals surface area contributed by atoms with E-state index in [4.69, 9.17) is 14.6 Å². The minimum Gasteiger partial charge on any atom is -0.491 e. The maximum atomic E-state index is 11.8. The highest BCUT2D eigenvalue weighted by molar-refractivity contribution is 5.71. The first-order valence-electron chi connectivity index (χ1n) is 13.2. The Bertz CT molecular complexity index is 1260. The third-order valence-electron chi connectivity index (χ3n) is 6.77. The normalized spacial score (nSPS) is 14.8. The van der Waals surface area contributed by atoms with Crippen LogP contribution in [0.4, 0.5) is 4.79 Å². The molecule has 0 atom stereocenters. The Balaban J connectivity index is 1.47. The number of amides is 1. The second-order valence-corrected chi connectivity index (χ2v) is 11.8. The fraction of sp³-hybridized carbons (Fsp3) is 0.552. The molecule has 0 saturated carbocycles. The van der Waals surface area contributed by atoms with Gasteiger partial charge in [0.2, 0.25) is 0 Å². The lowest BCUT2D eigenvalue weighted by Crippen LogP contribution is -2.34. The average Bonchev–Trinajstić information content (AvgIpc) is 3.40. The smallest absolute Gasteiger partial charge is 0.407 e. The molecule has 1 aliphatic rings. The van der Waals surface area contributed by atoms with Crippen molar-refractivity contribution in [3.63, 3.8) is 0 Å². The van der Waals surface area contributed by atoms with Gasteiger partial charge in [0, 0.05) is 23.4 Å². The Kier molecular flexibility index (Phi) is 7.40. The van der Waals surface area contributed by atoms with Crippen LogP contribution in [0.1, 0.15) is 70.3 Å². The molecule has 0 unspecified atom stereocenters. The second kappa shape index (κ2) is 10.2. The number of nitrogens with zero attached hydrogens (tertiary/aromatic N) is 3. The van der Waals surface area contributed by atoms with E-state index in [0.717, 1.165) is 65.3 Å². The summed E-state index contributed by atoms with van der Waals surface area (Å²) in [5.74, 6) is 0.823. The first-order chi connectivity index (χ1) is 17.4. The van der Waals surface area contributed by atoms with Crippen LogP contribution in [0, 0.1) is 19.3 Å². The van der Waals surface area contributed by atoms with E-state index in [1.54, 1.807) is 0 Å². The highest BCUT2D eigenvalue weighted by atomic mass is 16.6. The molecular weight excluding hydrogens is 466 g/mol. The molecule has 1 amide bonds. The number of hydrogen-bond acceptors (Lipinski definition) is 5. The predicted octanol–water partition coefficient (Wildman–Crippen LogP) is 6.00. The zero-order chi connectivity index (χ0) is 27.0. The lowest BCUT2D eigenvalue weighted by molar-refractivity contribution is 0.0520. The summed E-state index contributed by atoms with van der Waals surface area (Å²) in [5, 5.41) is 15.6. The topological polar surface area (TPSA) is 94.1 Å². The summed E-state index contributed by atoms with van der Waals surface area (Å²) in [4.78, 5) is 11.8. The molecule has 0 fully saturated rings. The van der Waals surface area contributed by atoms with Crippen LogP contribution in [0.2, 0.25) is 0 Å². The third-order valence-corrected chi connectivity index (χ3v) is 6.77. The number of ether oxygens (including phenoxy) is 2. The SMILES string of the molecule is CCn1nc(-c2cc(-c3cc(C)c(OCCNC(=O)OC(C)(C)C)c(C)c3)n[nH]2)c2c1CC(C)(C)CC2. The van der Waals surface area contributed by atoms with Crippen LogP contribution in [-0.4, -0.2) is 44.8 Å². The fourth-order valence-electron chi connectivity index (χ4n) is 5.01. The van der Waals surface area contributed by atoms with E-state index in [1.807, 2.05) is 34.6 Å². The molecule has 4 rings (SSSR count). The van der Waals surface area contributed by atoms with E-state index in [-0.39, 0.29) is 0 Å². The summed E-state index contributed by atoms with van der Waals surface area (Å²) in [5.41, 5.74) is 8.44. The van der Waals surface area contributed by atoms with Gasteiger partial charge in [-0.1, -0.05) is 13.8 Å². The Morgan fingerprint density at radius 3 is 2.54 bits per heavy atom. The van der Waals surface area contributed by atoms with E-state index in [1.165, 1.54) is 11.3 Å². The molecule has 0 radical (unpaired) electrons. The molecule has 2 N–H and O–H groups in total. The van der Waals surface area contributed by atoms with Crippen LogP contribution in [0.3, 0.4) is 0 Å². The number of rotatable bonds is 7. The number of aromatic amines is 1. The number of alkyl carbamates (subject to hydrolysis) is 1. The quantitative estimate of drug-likeness (QED) is 0.383. The molecule has 3 aromatic rings. The van der Waals surface area contributed by atoms with Crippen molar-refractivity contribution >= 4 is 6.09 Å². The summed E-state index contributed by atoms with van der Waals surface area (Å²) < 4.78 is 13.4. The second-order valence-electron chi connectivity index (χ2n) is 11.8. The summed E-state index contributed by atoms with van der Waals surface area (Å²) >= 11 is 0. The van der Waals surface area contributed by atoms with Crippen LogP contribution in [0.15, 0.2) is 18.2 Å². The number of nitrogens with one attached hydrogen (secondary N) is 2. The van der Waals surface area contributed by atoms with Crippen LogP contribution in [0.25, 0.3) is 22.6 Å². The molecule has 1 aliphatic carbocycles. The zero-order valence-corrected chi connectivity index (χ0v) is 23.5. The number of aryl methyl sites for hydroxylation is 3. The molecule has 2 aromatic heterocycles. The van der Waals surface area contributed by atoms with Gasteiger partial charge in [-0.05, 0) is 95.5 Å². The first-order valence-corrected chi connectivity index (χ1v) is 13.2. The van der Waals surface area contributed by atoms with E-state index >= 15 is 0 Å². The van der Waals surface area contributed by atoms with Crippen molar-refractivity contribution < 1.29 is 14.3 Å². The summed E-state index contributed by atoms with van der Waals surface area (Å²) in [6.07, 6.45) is 2.82. The maximum absolute atomic E-state index is 11.8. The van der Waals surface area contributed by atoms with Crippen molar-refractivity contribution in [1.82, 2.24) is 25.3 Å². The third kappa shape index (κ3) is 6.17. The molecule has 0 aliphatic heterocycles. The number of aromatic nitrogens is 4. The fourth-order valence-corrected chi connectivity index (χ4v) is 5.01. The van der Waals surface area contributed by atoms with Crippen LogP contribution >= 0.6 is 0 Å². The molecular formula is C29H41N5O3. The number of fused-ring (bicyclic) bond motifs is 1. The average molecular weight is 508 g/mol. The molecule has 200 valence electrons. The van der Waals surface area contributed by atoms with Gasteiger partial charge in [0.25, 0.3) is 0 Å². The van der Waals surface area contributed by atoms with Crippen molar-refractivity contribution in [2.45, 2.75) is 86.8 Å². The molecule has 0 bridgehead atoms. The number of benzene rings is 1. The molecule has 8 heteroatoms. The largest absolute Gasteiger partial charge is 0.491 e. The van der Waals surface area contributed by atoms with Crippen LogP contribution < -0.4 is 10.1 Å². The number of H-pyrrole nitrogens is 1. The molecule has 37 heavy (non-hydrogen) atoms. The minimum absolute atomic E-state index is 0.307. The van der Waals surface area contributed by atoms with Crippen LogP contribution in [0.5, 0.6) is 5.75 Å². The Morgan fingerprint density at radius 1 is 1.19 bits per heavy atom. The van der Waals surface area contributed by atoms with Gasteiger partial charge in [0.1, 0.15) is 23.7 Å². The number of hydrogen-bond donors (Lipinski definition) is 2. The molecule has 8 nitrogen and oxygen atoms in total. The van der Waals surface area contributed by atoms with Crippen molar-refractivity contribution in [3.05, 3.63) is 40.6 Å². The highest BCUT2D eigenvalue weighted by Crippen LogP contribution is 2.39. The molecule has 0 saturated heterocycles. The number of carbonyl (C=O) groups is 1. The Hall–Kier alpha value is -3.29. The van der Waals surface area contributed by atoms with Crippen molar-refractivity contribution in [2.24, 2.45) is 5.41 Å². The van der Waals surface area contributed by atoms with Gasteiger partial charge in [0.05, 0.1) is 17.9 Å². The summed E-state index contributed by atoms with van der Waals surface area (Å²) in [6.45, 7) is 18.0. The highest BCUT2D eigenvalue weighted by Gasteiger charge is 2.31. The van der Waals surface area contributed by atoms with Gasteiger partial charge < -0.3 is 14.8 Å². The lowest BCUT2D eigenvalue weighted by Gasteiger charge is -2.30. The standard InChI is InChI=1S/C29H41N5O3/c1-9-34-24-17-29(7,8)11-10-21(24)25(33-34)23-16-22(31-32-23)20-14-18(2)26(19(3)15-20)36-13-12-30-27(35)37-28(4,5)6/h14-16H,9-13,17H2,1-8H3,(H,30,35)(H,31,32). The van der Waals surface area contributed by atoms with Crippen molar-refractivity contribution in [3.8, 4) is 28.4 Å². The van der Waals surface area contributed by atoms with Gasteiger partial charge in [-0.2, -0.15) is 10.2 Å². The van der Waals surface area contributed by atoms with E-state index in [0.29, 0.717) is 18.6 Å². The molecule has 1 aromatic carbocycles. The zero-order valence-electron chi connectivity index (χ0n) is 23.5. The summed E-state index contributed by atoms with van der Waals surface area (Å²) in [6, 6.07) is 6.28. The Morgan fingerprint density at radius 2 is 1.89 bits per heavy atom. The van der Waals surface area contributed by atoms with Crippen LogP contribution in [-0.2, 0) is 24.1 Å². The van der Waals surface area contributed by atoms with Gasteiger partial charge in [-0.25, -0.2) is 4.79 Å². The van der Waals surface area contributed by atoms with E-state index < -0.39 is 11.7 Å². The van der Waals surface area contributed by atoms with E-state index in [2.05, 4.69) is 59.2 Å². The van der Waals surface area contributed by atoms with Gasteiger partial charge >= 0.3 is 6.09 Å².